The van der Waals surface area contributed by atoms with Gasteiger partial charge in [-0.05, 0) is 18.6 Å². The molecule has 0 amide bonds. The lowest BCUT2D eigenvalue weighted by molar-refractivity contribution is 0.306. The maximum atomic E-state index is 9.40. The average molecular weight is 219 g/mol. The van der Waals surface area contributed by atoms with E-state index in [1.807, 2.05) is 6.92 Å². The van der Waals surface area contributed by atoms with Crippen LogP contribution in [-0.4, -0.2) is 11.7 Å². The summed E-state index contributed by atoms with van der Waals surface area (Å²) in [5.41, 5.74) is 0. The topological polar surface area (TPSA) is 29.5 Å². The second kappa shape index (κ2) is 4.63. The Kier molecular flexibility index (Phi) is 3.75. The molecule has 1 N–H and O–H groups in total. The summed E-state index contributed by atoms with van der Waals surface area (Å²) in [5.74, 6) is 0.533. The first-order valence-electron chi connectivity index (χ1n) is 4.00. The first-order chi connectivity index (χ1) is 6.16. The van der Waals surface area contributed by atoms with Gasteiger partial charge in [-0.3, -0.25) is 0 Å². The third-order valence-electron chi connectivity index (χ3n) is 1.53. The molecule has 4 heteroatoms. The van der Waals surface area contributed by atoms with Gasteiger partial charge in [-0.1, -0.05) is 18.5 Å². The molecule has 0 unspecified atom stereocenters. The Bertz CT molecular complexity index is 302. The molecular formula is C9H11ClO2S. The van der Waals surface area contributed by atoms with E-state index in [4.69, 9.17) is 16.3 Å². The summed E-state index contributed by atoms with van der Waals surface area (Å²) in [6, 6.07) is 3.28. The second-order valence-corrected chi connectivity index (χ2v) is 3.45. The lowest BCUT2D eigenvalue weighted by Crippen LogP contribution is -1.95. The Morgan fingerprint density at radius 1 is 1.54 bits per heavy atom. The van der Waals surface area contributed by atoms with Crippen LogP contribution >= 0.6 is 24.2 Å². The fraction of sp³-hybridized carbons (Fsp3) is 0.333. The molecule has 2 nitrogen and oxygen atoms in total. The molecule has 0 heterocycles. The molecular weight excluding hydrogens is 208 g/mol. The number of thiol groups is 1. The Labute approximate surface area is 87.9 Å². The van der Waals surface area contributed by atoms with Gasteiger partial charge in [-0.25, -0.2) is 0 Å². The molecule has 0 aliphatic carbocycles. The van der Waals surface area contributed by atoms with Gasteiger partial charge in [0.05, 0.1) is 16.5 Å². The van der Waals surface area contributed by atoms with Crippen molar-refractivity contribution in [2.75, 3.05) is 6.61 Å². The van der Waals surface area contributed by atoms with Gasteiger partial charge in [0.15, 0.2) is 5.75 Å². The van der Waals surface area contributed by atoms with E-state index in [2.05, 4.69) is 12.6 Å². The van der Waals surface area contributed by atoms with Crippen molar-refractivity contribution in [3.05, 3.63) is 17.2 Å². The normalized spacial score (nSPS) is 10.1. The quantitative estimate of drug-likeness (QED) is 0.764. The standard InChI is InChI=1S/C9H11ClO2S/c1-2-5-12-7-4-3-6(10)8(11)9(7)13/h3-4,11,13H,2,5H2,1H3. The van der Waals surface area contributed by atoms with Crippen LogP contribution in [0, 0.1) is 0 Å². The maximum absolute atomic E-state index is 9.40. The predicted molar refractivity (Wildman–Crippen MR) is 56.2 cm³/mol. The average Bonchev–Trinajstić information content (AvgIpc) is 2.13. The van der Waals surface area contributed by atoms with Crippen molar-refractivity contribution in [1.29, 1.82) is 0 Å². The lowest BCUT2D eigenvalue weighted by Gasteiger charge is -2.09. The molecule has 0 saturated carbocycles. The Morgan fingerprint density at radius 2 is 2.23 bits per heavy atom. The van der Waals surface area contributed by atoms with Gasteiger partial charge in [-0.2, -0.15) is 0 Å². The number of aromatic hydroxyl groups is 1. The van der Waals surface area contributed by atoms with Crippen molar-refractivity contribution in [3.8, 4) is 11.5 Å². The van der Waals surface area contributed by atoms with Crippen molar-refractivity contribution in [2.45, 2.75) is 18.2 Å². The molecule has 0 radical (unpaired) electrons. The van der Waals surface area contributed by atoms with Gasteiger partial charge in [0, 0.05) is 0 Å². The smallest absolute Gasteiger partial charge is 0.151 e. The number of benzene rings is 1. The molecule has 13 heavy (non-hydrogen) atoms. The minimum atomic E-state index is -0.0291. The number of rotatable bonds is 3. The SMILES string of the molecule is CCCOc1ccc(Cl)c(O)c1S. The zero-order chi connectivity index (χ0) is 9.84. The van der Waals surface area contributed by atoms with Gasteiger partial charge < -0.3 is 9.84 Å². The number of ether oxygens (including phenoxy) is 1. The van der Waals surface area contributed by atoms with E-state index < -0.39 is 0 Å². The Morgan fingerprint density at radius 3 is 2.85 bits per heavy atom. The van der Waals surface area contributed by atoms with Crippen LogP contribution in [0.1, 0.15) is 13.3 Å². The van der Waals surface area contributed by atoms with Crippen LogP contribution in [-0.2, 0) is 0 Å². The van der Waals surface area contributed by atoms with Gasteiger partial charge in [0.25, 0.3) is 0 Å². The van der Waals surface area contributed by atoms with E-state index in [-0.39, 0.29) is 10.8 Å². The fourth-order valence-electron chi connectivity index (χ4n) is 0.865. The Hall–Kier alpha value is -0.540. The van der Waals surface area contributed by atoms with Crippen molar-refractivity contribution in [1.82, 2.24) is 0 Å². The van der Waals surface area contributed by atoms with E-state index >= 15 is 0 Å². The van der Waals surface area contributed by atoms with Crippen LogP contribution in [0.2, 0.25) is 5.02 Å². The van der Waals surface area contributed by atoms with E-state index in [1.165, 1.54) is 0 Å². The minimum Gasteiger partial charge on any atom is -0.505 e. The summed E-state index contributed by atoms with van der Waals surface area (Å²) in [6.45, 7) is 2.61. The van der Waals surface area contributed by atoms with E-state index in [0.717, 1.165) is 6.42 Å². The molecule has 0 bridgehead atoms. The molecule has 72 valence electrons. The summed E-state index contributed by atoms with van der Waals surface area (Å²) < 4.78 is 5.33. The lowest BCUT2D eigenvalue weighted by atomic mass is 10.3. The fourth-order valence-corrected chi connectivity index (χ4v) is 1.35. The molecule has 0 atom stereocenters. The Balaban J connectivity index is 2.90. The van der Waals surface area contributed by atoms with Crippen LogP contribution in [0.5, 0.6) is 11.5 Å². The summed E-state index contributed by atoms with van der Waals surface area (Å²) in [7, 11) is 0. The second-order valence-electron chi connectivity index (χ2n) is 2.59. The highest BCUT2D eigenvalue weighted by Gasteiger charge is 2.08. The van der Waals surface area contributed by atoms with Crippen molar-refractivity contribution in [3.63, 3.8) is 0 Å². The van der Waals surface area contributed by atoms with Gasteiger partial charge in [0.2, 0.25) is 0 Å². The molecule has 0 aromatic heterocycles. The molecule has 1 aromatic carbocycles. The molecule has 1 rings (SSSR count). The third kappa shape index (κ3) is 2.45. The highest BCUT2D eigenvalue weighted by molar-refractivity contribution is 7.80. The van der Waals surface area contributed by atoms with Gasteiger partial charge in [-0.15, -0.1) is 12.6 Å². The molecule has 0 spiro atoms. The predicted octanol–water partition coefficient (Wildman–Crippen LogP) is 3.12. The van der Waals surface area contributed by atoms with Crippen LogP contribution in [0.4, 0.5) is 0 Å². The van der Waals surface area contributed by atoms with Crippen LogP contribution < -0.4 is 4.74 Å². The monoisotopic (exact) mass is 218 g/mol. The highest BCUT2D eigenvalue weighted by atomic mass is 35.5. The third-order valence-corrected chi connectivity index (χ3v) is 2.26. The van der Waals surface area contributed by atoms with Gasteiger partial charge in [0.1, 0.15) is 5.75 Å². The summed E-state index contributed by atoms with van der Waals surface area (Å²) in [4.78, 5) is 0.390. The largest absolute Gasteiger partial charge is 0.505 e. The zero-order valence-electron chi connectivity index (χ0n) is 7.25. The summed E-state index contributed by atoms with van der Waals surface area (Å²) in [5, 5.41) is 9.68. The maximum Gasteiger partial charge on any atom is 0.151 e. The number of halogens is 1. The van der Waals surface area contributed by atoms with Gasteiger partial charge >= 0.3 is 0 Å². The molecule has 0 aliphatic rings. The van der Waals surface area contributed by atoms with E-state index in [1.54, 1.807) is 12.1 Å². The summed E-state index contributed by atoms with van der Waals surface area (Å²) in [6.07, 6.45) is 0.913. The van der Waals surface area contributed by atoms with Crippen molar-refractivity contribution >= 4 is 24.2 Å². The molecule has 0 fully saturated rings. The summed E-state index contributed by atoms with van der Waals surface area (Å²) >= 11 is 9.76. The zero-order valence-corrected chi connectivity index (χ0v) is 8.90. The van der Waals surface area contributed by atoms with E-state index in [0.29, 0.717) is 17.3 Å². The molecule has 1 aromatic rings. The number of hydrogen-bond donors (Lipinski definition) is 2. The number of phenols is 1. The highest BCUT2D eigenvalue weighted by Crippen LogP contribution is 2.37. The van der Waals surface area contributed by atoms with Crippen LogP contribution in [0.15, 0.2) is 17.0 Å². The van der Waals surface area contributed by atoms with Crippen LogP contribution in [0.3, 0.4) is 0 Å². The van der Waals surface area contributed by atoms with Crippen LogP contribution in [0.25, 0.3) is 0 Å². The van der Waals surface area contributed by atoms with E-state index in [9.17, 15) is 5.11 Å². The molecule has 0 saturated heterocycles. The number of hydrogen-bond acceptors (Lipinski definition) is 3. The minimum absolute atomic E-state index is 0.0291. The van der Waals surface area contributed by atoms with Crippen molar-refractivity contribution < 1.29 is 9.84 Å². The number of phenolic OH excluding ortho intramolecular Hbond substituents is 1. The molecule has 0 aliphatic heterocycles. The van der Waals surface area contributed by atoms with Crippen molar-refractivity contribution in [2.24, 2.45) is 0 Å². The first kappa shape index (κ1) is 10.5. The first-order valence-corrected chi connectivity index (χ1v) is 4.82.